The van der Waals surface area contributed by atoms with E-state index >= 15 is 0 Å². The van der Waals surface area contributed by atoms with Crippen molar-refractivity contribution in [1.82, 2.24) is 15.2 Å². The summed E-state index contributed by atoms with van der Waals surface area (Å²) in [5.74, 6) is -0.252. The molecule has 10 heteroatoms. The van der Waals surface area contributed by atoms with Crippen LogP contribution in [0.3, 0.4) is 0 Å². The van der Waals surface area contributed by atoms with Crippen LogP contribution in [0.2, 0.25) is 0 Å². The first kappa shape index (κ1) is 18.4. The van der Waals surface area contributed by atoms with Crippen LogP contribution in [0.15, 0.2) is 74.6 Å². The Bertz CT molecular complexity index is 1240. The molecule has 0 aliphatic rings. The molecule has 0 aliphatic heterocycles. The van der Waals surface area contributed by atoms with E-state index in [1.807, 2.05) is 30.3 Å². The Balaban J connectivity index is 1.59. The van der Waals surface area contributed by atoms with Gasteiger partial charge in [0.25, 0.3) is 15.9 Å². The Kier molecular flexibility index (Phi) is 4.73. The van der Waals surface area contributed by atoms with Gasteiger partial charge in [-0.25, -0.2) is 12.8 Å². The molecule has 0 atom stereocenters. The van der Waals surface area contributed by atoms with Crippen molar-refractivity contribution in [2.24, 2.45) is 0 Å². The Morgan fingerprint density at radius 2 is 1.79 bits per heavy atom. The lowest BCUT2D eigenvalue weighted by Crippen LogP contribution is -2.13. The predicted molar refractivity (Wildman–Crippen MR) is 104 cm³/mol. The topological polar surface area (TPSA) is 101 Å². The van der Waals surface area contributed by atoms with Gasteiger partial charge in [-0.3, -0.25) is 4.72 Å². The van der Waals surface area contributed by atoms with Crippen LogP contribution in [0.4, 0.5) is 10.1 Å². The lowest BCUT2D eigenvalue weighted by atomic mass is 10.2. The molecule has 0 radical (unpaired) electrons. The van der Waals surface area contributed by atoms with Gasteiger partial charge in [0.2, 0.25) is 5.89 Å². The van der Waals surface area contributed by atoms with Gasteiger partial charge in [0.15, 0.2) is 0 Å². The molecule has 2 aromatic carbocycles. The Labute approximate surface area is 167 Å². The molecule has 0 amide bonds. The van der Waals surface area contributed by atoms with Gasteiger partial charge in [-0.2, -0.15) is 0 Å². The van der Waals surface area contributed by atoms with E-state index < -0.39 is 15.8 Å². The van der Waals surface area contributed by atoms with E-state index in [0.717, 1.165) is 5.56 Å². The molecular weight excluding hydrogens is 451 g/mol. The number of hydrogen-bond donors (Lipinski definition) is 2. The Hall–Kier alpha value is -2.98. The number of sulfonamides is 1. The van der Waals surface area contributed by atoms with Gasteiger partial charge >= 0.3 is 0 Å². The molecule has 0 fully saturated rings. The number of hydrogen-bond acceptors (Lipinski definition) is 5. The fourth-order valence-corrected chi connectivity index (χ4v) is 3.85. The first-order valence-corrected chi connectivity index (χ1v) is 10.3. The SMILES string of the molecule is O=S(=O)(Nc1ccc(Br)cc1F)c1c[nH]c(-c2nnc(-c3ccccc3)o2)c1. The van der Waals surface area contributed by atoms with Crippen LogP contribution >= 0.6 is 15.9 Å². The van der Waals surface area contributed by atoms with Crippen molar-refractivity contribution in [2.45, 2.75) is 4.90 Å². The highest BCUT2D eigenvalue weighted by atomic mass is 79.9. The fourth-order valence-electron chi connectivity index (χ4n) is 2.46. The molecule has 0 bridgehead atoms. The van der Waals surface area contributed by atoms with Crippen molar-refractivity contribution in [1.29, 1.82) is 0 Å². The summed E-state index contributed by atoms with van der Waals surface area (Å²) in [5, 5.41) is 7.90. The number of nitrogens with one attached hydrogen (secondary N) is 2. The van der Waals surface area contributed by atoms with Crippen molar-refractivity contribution in [3.63, 3.8) is 0 Å². The largest absolute Gasteiger partial charge is 0.415 e. The number of anilines is 1. The van der Waals surface area contributed by atoms with Gasteiger partial charge < -0.3 is 9.40 Å². The fraction of sp³-hybridized carbons (Fsp3) is 0. The summed E-state index contributed by atoms with van der Waals surface area (Å²) in [4.78, 5) is 2.69. The third kappa shape index (κ3) is 3.69. The molecule has 7 nitrogen and oxygen atoms in total. The molecule has 0 saturated carbocycles. The monoisotopic (exact) mass is 462 g/mol. The minimum Gasteiger partial charge on any atom is -0.415 e. The summed E-state index contributed by atoms with van der Waals surface area (Å²) < 4.78 is 47.3. The molecule has 2 aromatic heterocycles. The van der Waals surface area contributed by atoms with Crippen LogP contribution in [0, 0.1) is 5.82 Å². The number of aromatic amines is 1. The van der Waals surface area contributed by atoms with Crippen LogP contribution < -0.4 is 4.72 Å². The third-order valence-electron chi connectivity index (χ3n) is 3.82. The molecule has 4 aromatic rings. The highest BCUT2D eigenvalue weighted by Gasteiger charge is 2.20. The summed E-state index contributed by atoms with van der Waals surface area (Å²) in [5.41, 5.74) is 0.912. The van der Waals surface area contributed by atoms with E-state index in [1.54, 1.807) is 0 Å². The highest BCUT2D eigenvalue weighted by molar-refractivity contribution is 9.10. The van der Waals surface area contributed by atoms with Gasteiger partial charge in [0.05, 0.1) is 5.69 Å². The minimum atomic E-state index is -4.01. The van der Waals surface area contributed by atoms with E-state index in [0.29, 0.717) is 16.1 Å². The minimum absolute atomic E-state index is 0.0933. The predicted octanol–water partition coefficient (Wildman–Crippen LogP) is 4.43. The van der Waals surface area contributed by atoms with Crippen LogP contribution in [0.1, 0.15) is 0 Å². The van der Waals surface area contributed by atoms with Gasteiger partial charge in [-0.15, -0.1) is 10.2 Å². The van der Waals surface area contributed by atoms with Crippen molar-refractivity contribution < 1.29 is 17.2 Å². The van der Waals surface area contributed by atoms with Crippen LogP contribution in [0.25, 0.3) is 23.0 Å². The zero-order chi connectivity index (χ0) is 19.7. The molecule has 2 N–H and O–H groups in total. The summed E-state index contributed by atoms with van der Waals surface area (Å²) in [6.45, 7) is 0. The number of aromatic nitrogens is 3. The second-order valence-corrected chi connectivity index (χ2v) is 8.36. The highest BCUT2D eigenvalue weighted by Crippen LogP contribution is 2.27. The third-order valence-corrected chi connectivity index (χ3v) is 5.66. The van der Waals surface area contributed by atoms with E-state index in [-0.39, 0.29) is 16.5 Å². The lowest BCUT2D eigenvalue weighted by molar-refractivity contribution is 0.582. The second kappa shape index (κ2) is 7.21. The number of halogens is 2. The molecule has 0 aliphatic carbocycles. The number of nitrogens with zero attached hydrogens (tertiary/aromatic N) is 2. The van der Waals surface area contributed by atoms with Crippen LogP contribution in [-0.4, -0.2) is 23.6 Å². The summed E-state index contributed by atoms with van der Waals surface area (Å²) in [6, 6.07) is 14.5. The lowest BCUT2D eigenvalue weighted by Gasteiger charge is -2.07. The van der Waals surface area contributed by atoms with Crippen molar-refractivity contribution in [3.05, 3.63) is 71.1 Å². The molecule has 0 unspecified atom stereocenters. The summed E-state index contributed by atoms with van der Waals surface area (Å²) >= 11 is 3.12. The molecule has 0 saturated heterocycles. The zero-order valence-corrected chi connectivity index (χ0v) is 16.5. The number of benzene rings is 2. The van der Waals surface area contributed by atoms with Gasteiger partial charge in [0, 0.05) is 16.2 Å². The molecule has 28 heavy (non-hydrogen) atoms. The van der Waals surface area contributed by atoms with Gasteiger partial charge in [-0.1, -0.05) is 34.1 Å². The van der Waals surface area contributed by atoms with E-state index in [9.17, 15) is 12.8 Å². The maximum absolute atomic E-state index is 13.9. The first-order chi connectivity index (χ1) is 13.4. The maximum atomic E-state index is 13.9. The van der Waals surface area contributed by atoms with E-state index in [2.05, 4.69) is 35.8 Å². The molecule has 142 valence electrons. The van der Waals surface area contributed by atoms with Gasteiger partial charge in [-0.05, 0) is 36.4 Å². The normalized spacial score (nSPS) is 11.5. The molecule has 0 spiro atoms. The average molecular weight is 463 g/mol. The first-order valence-electron chi connectivity index (χ1n) is 7.98. The summed E-state index contributed by atoms with van der Waals surface area (Å²) in [6.07, 6.45) is 1.26. The van der Waals surface area contributed by atoms with Crippen molar-refractivity contribution >= 4 is 31.6 Å². The van der Waals surface area contributed by atoms with E-state index in [1.165, 1.54) is 30.5 Å². The van der Waals surface area contributed by atoms with Crippen LogP contribution in [0.5, 0.6) is 0 Å². The van der Waals surface area contributed by atoms with Crippen LogP contribution in [-0.2, 0) is 10.0 Å². The van der Waals surface area contributed by atoms with Gasteiger partial charge in [0.1, 0.15) is 16.4 Å². The maximum Gasteiger partial charge on any atom is 0.264 e. The quantitative estimate of drug-likeness (QED) is 0.456. The zero-order valence-electron chi connectivity index (χ0n) is 14.1. The Morgan fingerprint density at radius 1 is 1.04 bits per heavy atom. The number of H-pyrrole nitrogens is 1. The molecule has 2 heterocycles. The summed E-state index contributed by atoms with van der Waals surface area (Å²) in [7, 11) is -4.01. The smallest absolute Gasteiger partial charge is 0.264 e. The Morgan fingerprint density at radius 3 is 2.54 bits per heavy atom. The number of rotatable bonds is 5. The van der Waals surface area contributed by atoms with Crippen molar-refractivity contribution in [3.8, 4) is 23.0 Å². The standard InChI is InChI=1S/C18H12BrFN4O3S/c19-12-6-7-15(14(20)8-12)24-28(25,26)13-9-16(21-10-13)18-23-22-17(27-18)11-4-2-1-3-5-11/h1-10,21,24H. The molecular formula is C18H12BrFN4O3S. The average Bonchev–Trinajstić information content (AvgIpc) is 3.34. The van der Waals surface area contributed by atoms with E-state index in [4.69, 9.17) is 4.42 Å². The molecule has 4 rings (SSSR count). The second-order valence-electron chi connectivity index (χ2n) is 5.76. The van der Waals surface area contributed by atoms with Crippen molar-refractivity contribution in [2.75, 3.05) is 4.72 Å².